The van der Waals surface area contributed by atoms with E-state index < -0.39 is 0 Å². The predicted molar refractivity (Wildman–Crippen MR) is 100 cm³/mol. The quantitative estimate of drug-likeness (QED) is 0.745. The van der Waals surface area contributed by atoms with Crippen LogP contribution in [-0.4, -0.2) is 19.8 Å². The van der Waals surface area contributed by atoms with Crippen molar-refractivity contribution in [3.05, 3.63) is 59.2 Å². The molecule has 1 atom stereocenters. The van der Waals surface area contributed by atoms with Crippen molar-refractivity contribution < 1.29 is 9.47 Å². The molecule has 2 rings (SSSR count). The average molecular weight is 327 g/mol. The van der Waals surface area contributed by atoms with Crippen molar-refractivity contribution in [2.45, 2.75) is 39.5 Å². The van der Waals surface area contributed by atoms with Gasteiger partial charge in [-0.05, 0) is 56.0 Å². The summed E-state index contributed by atoms with van der Waals surface area (Å²) in [5.41, 5.74) is 9.87. The van der Waals surface area contributed by atoms with Crippen molar-refractivity contribution in [2.75, 3.05) is 19.8 Å². The summed E-state index contributed by atoms with van der Waals surface area (Å²) in [5, 5.41) is 0. The van der Waals surface area contributed by atoms with Gasteiger partial charge in [-0.1, -0.05) is 37.3 Å². The zero-order valence-corrected chi connectivity index (χ0v) is 15.0. The van der Waals surface area contributed by atoms with E-state index in [2.05, 4.69) is 37.3 Å². The summed E-state index contributed by atoms with van der Waals surface area (Å²) in [4.78, 5) is 0. The summed E-state index contributed by atoms with van der Waals surface area (Å²) in [6, 6.07) is 14.9. The fraction of sp³-hybridized carbons (Fsp3) is 0.429. The zero-order chi connectivity index (χ0) is 17.4. The second kappa shape index (κ2) is 9.33. The Morgan fingerprint density at radius 2 is 1.62 bits per heavy atom. The minimum absolute atomic E-state index is 0.285. The molecule has 3 heteroatoms. The number of nitrogens with two attached hydrogens (primary N) is 1. The molecular formula is C21H29NO2. The number of hydrogen-bond donors (Lipinski definition) is 1. The van der Waals surface area contributed by atoms with Gasteiger partial charge < -0.3 is 15.2 Å². The van der Waals surface area contributed by atoms with Crippen LogP contribution in [0.2, 0.25) is 0 Å². The highest BCUT2D eigenvalue weighted by atomic mass is 16.5. The van der Waals surface area contributed by atoms with E-state index in [9.17, 15) is 0 Å². The summed E-state index contributed by atoms with van der Waals surface area (Å²) in [5.74, 6) is 2.03. The molecule has 0 aromatic heterocycles. The van der Waals surface area contributed by atoms with Crippen molar-refractivity contribution in [2.24, 2.45) is 5.73 Å². The van der Waals surface area contributed by atoms with E-state index in [0.717, 1.165) is 24.3 Å². The standard InChI is InChI=1S/C21H29NO2/c1-4-16-7-9-17(10-8-16)19(15-22)13-18-11-12-20(23-5-2)14-21(18)24-6-3/h7-12,14,19H,4-6,13,15,22H2,1-3H3. The lowest BCUT2D eigenvalue weighted by Crippen LogP contribution is -2.15. The Hall–Kier alpha value is -2.00. The van der Waals surface area contributed by atoms with Crippen LogP contribution in [0.5, 0.6) is 11.5 Å². The van der Waals surface area contributed by atoms with E-state index in [1.165, 1.54) is 16.7 Å². The smallest absolute Gasteiger partial charge is 0.126 e. The SMILES string of the molecule is CCOc1ccc(CC(CN)c2ccc(CC)cc2)c(OCC)c1. The van der Waals surface area contributed by atoms with Crippen LogP contribution in [0.3, 0.4) is 0 Å². The van der Waals surface area contributed by atoms with E-state index in [-0.39, 0.29) is 5.92 Å². The molecule has 2 N–H and O–H groups in total. The molecular weight excluding hydrogens is 298 g/mol. The highest BCUT2D eigenvalue weighted by molar-refractivity contribution is 5.42. The Balaban J connectivity index is 2.22. The molecule has 130 valence electrons. The number of rotatable bonds is 9. The van der Waals surface area contributed by atoms with E-state index in [1.807, 2.05) is 26.0 Å². The Labute approximate surface area is 145 Å². The highest BCUT2D eigenvalue weighted by Crippen LogP contribution is 2.30. The summed E-state index contributed by atoms with van der Waals surface area (Å²) in [7, 11) is 0. The predicted octanol–water partition coefficient (Wildman–Crippen LogP) is 4.33. The van der Waals surface area contributed by atoms with Crippen molar-refractivity contribution >= 4 is 0 Å². The number of benzene rings is 2. The van der Waals surface area contributed by atoms with E-state index >= 15 is 0 Å². The van der Waals surface area contributed by atoms with Crippen molar-refractivity contribution in [3.8, 4) is 11.5 Å². The molecule has 0 aliphatic carbocycles. The Morgan fingerprint density at radius 3 is 2.21 bits per heavy atom. The maximum Gasteiger partial charge on any atom is 0.126 e. The van der Waals surface area contributed by atoms with Gasteiger partial charge in [-0.25, -0.2) is 0 Å². The first-order chi connectivity index (χ1) is 11.7. The minimum Gasteiger partial charge on any atom is -0.494 e. The zero-order valence-electron chi connectivity index (χ0n) is 15.0. The summed E-state index contributed by atoms with van der Waals surface area (Å²) >= 11 is 0. The monoisotopic (exact) mass is 327 g/mol. The Kier molecular flexibility index (Phi) is 7.13. The molecule has 24 heavy (non-hydrogen) atoms. The third-order valence-electron chi connectivity index (χ3n) is 4.26. The maximum absolute atomic E-state index is 6.06. The molecule has 0 saturated heterocycles. The Bertz CT molecular complexity index is 622. The molecule has 1 unspecified atom stereocenters. The third kappa shape index (κ3) is 4.75. The van der Waals surface area contributed by atoms with Crippen LogP contribution in [0.1, 0.15) is 43.4 Å². The van der Waals surface area contributed by atoms with Gasteiger partial charge in [0.2, 0.25) is 0 Å². The van der Waals surface area contributed by atoms with Gasteiger partial charge in [0.25, 0.3) is 0 Å². The molecule has 0 spiro atoms. The largest absolute Gasteiger partial charge is 0.494 e. The molecule has 0 saturated carbocycles. The van der Waals surface area contributed by atoms with Gasteiger partial charge in [-0.2, -0.15) is 0 Å². The maximum atomic E-state index is 6.06. The highest BCUT2D eigenvalue weighted by Gasteiger charge is 2.15. The van der Waals surface area contributed by atoms with Crippen LogP contribution < -0.4 is 15.2 Å². The number of ether oxygens (including phenoxy) is 2. The molecule has 2 aromatic rings. The van der Waals surface area contributed by atoms with Gasteiger partial charge in [-0.3, -0.25) is 0 Å². The fourth-order valence-corrected chi connectivity index (χ4v) is 2.88. The minimum atomic E-state index is 0.285. The normalized spacial score (nSPS) is 12.0. The summed E-state index contributed by atoms with van der Waals surface area (Å²) < 4.78 is 11.4. The van der Waals surface area contributed by atoms with Gasteiger partial charge in [-0.15, -0.1) is 0 Å². The van der Waals surface area contributed by atoms with E-state index in [4.69, 9.17) is 15.2 Å². The molecule has 2 aromatic carbocycles. The molecule has 0 heterocycles. The van der Waals surface area contributed by atoms with Gasteiger partial charge in [0.15, 0.2) is 0 Å². The number of hydrogen-bond acceptors (Lipinski definition) is 3. The van der Waals surface area contributed by atoms with Crippen LogP contribution in [-0.2, 0) is 12.8 Å². The van der Waals surface area contributed by atoms with Crippen molar-refractivity contribution in [3.63, 3.8) is 0 Å². The molecule has 0 aliphatic heterocycles. The first-order valence-corrected chi connectivity index (χ1v) is 8.89. The van der Waals surface area contributed by atoms with Gasteiger partial charge in [0.1, 0.15) is 11.5 Å². The average Bonchev–Trinajstić information content (AvgIpc) is 2.62. The molecule has 0 fully saturated rings. The lowest BCUT2D eigenvalue weighted by atomic mass is 9.91. The molecule has 0 bridgehead atoms. The first kappa shape index (κ1) is 18.3. The topological polar surface area (TPSA) is 44.5 Å². The van der Waals surface area contributed by atoms with Gasteiger partial charge >= 0.3 is 0 Å². The third-order valence-corrected chi connectivity index (χ3v) is 4.26. The van der Waals surface area contributed by atoms with Crippen LogP contribution in [0.4, 0.5) is 0 Å². The second-order valence-corrected chi connectivity index (χ2v) is 5.87. The van der Waals surface area contributed by atoms with Crippen molar-refractivity contribution in [1.82, 2.24) is 0 Å². The second-order valence-electron chi connectivity index (χ2n) is 5.87. The van der Waals surface area contributed by atoms with Gasteiger partial charge in [0.05, 0.1) is 13.2 Å². The molecule has 0 aliphatic rings. The molecule has 0 radical (unpaired) electrons. The lowest BCUT2D eigenvalue weighted by molar-refractivity contribution is 0.320. The molecule has 3 nitrogen and oxygen atoms in total. The van der Waals surface area contributed by atoms with E-state index in [0.29, 0.717) is 19.8 Å². The fourth-order valence-electron chi connectivity index (χ4n) is 2.88. The van der Waals surface area contributed by atoms with Crippen LogP contribution >= 0.6 is 0 Å². The first-order valence-electron chi connectivity index (χ1n) is 8.89. The Morgan fingerprint density at radius 1 is 0.917 bits per heavy atom. The van der Waals surface area contributed by atoms with Crippen LogP contribution in [0, 0.1) is 0 Å². The van der Waals surface area contributed by atoms with Gasteiger partial charge in [0, 0.05) is 12.0 Å². The summed E-state index contributed by atoms with van der Waals surface area (Å²) in [6.45, 7) is 8.06. The molecule has 0 amide bonds. The van der Waals surface area contributed by atoms with Crippen LogP contribution in [0.25, 0.3) is 0 Å². The van der Waals surface area contributed by atoms with E-state index in [1.54, 1.807) is 0 Å². The number of aryl methyl sites for hydroxylation is 1. The van der Waals surface area contributed by atoms with Crippen LogP contribution in [0.15, 0.2) is 42.5 Å². The van der Waals surface area contributed by atoms with Crippen molar-refractivity contribution in [1.29, 1.82) is 0 Å². The summed E-state index contributed by atoms with van der Waals surface area (Å²) in [6.07, 6.45) is 1.92. The lowest BCUT2D eigenvalue weighted by Gasteiger charge is -2.19.